The van der Waals surface area contributed by atoms with E-state index in [1.807, 2.05) is 11.3 Å². The second kappa shape index (κ2) is 7.65. The van der Waals surface area contributed by atoms with Gasteiger partial charge >= 0.3 is 0 Å². The van der Waals surface area contributed by atoms with E-state index in [0.29, 0.717) is 17.9 Å². The smallest absolute Gasteiger partial charge is 0.119 e. The van der Waals surface area contributed by atoms with E-state index < -0.39 is 0 Å². The van der Waals surface area contributed by atoms with Crippen LogP contribution in [0.3, 0.4) is 0 Å². The first-order valence-electron chi connectivity index (χ1n) is 9.60. The molecule has 0 amide bonds. The topological polar surface area (TPSA) is 21.3 Å². The summed E-state index contributed by atoms with van der Waals surface area (Å²) < 4.78 is 6.02. The minimum Gasteiger partial charge on any atom is -0.494 e. The summed E-state index contributed by atoms with van der Waals surface area (Å²) in [5.41, 5.74) is 2.67. The molecular weight excluding hydrogens is 326 g/mol. The Balaban J connectivity index is 1.50. The summed E-state index contributed by atoms with van der Waals surface area (Å²) in [6.07, 6.45) is 10.9. The second-order valence-electron chi connectivity index (χ2n) is 7.15. The van der Waals surface area contributed by atoms with Gasteiger partial charge in [-0.25, -0.2) is 0 Å². The number of hydrogen-bond donors (Lipinski definition) is 1. The molecule has 0 saturated carbocycles. The van der Waals surface area contributed by atoms with Gasteiger partial charge in [-0.1, -0.05) is 44.4 Å². The van der Waals surface area contributed by atoms with Crippen molar-refractivity contribution in [3.63, 3.8) is 0 Å². The Morgan fingerprint density at radius 2 is 2.16 bits per heavy atom. The van der Waals surface area contributed by atoms with Crippen LogP contribution in [0.2, 0.25) is 0 Å². The zero-order chi connectivity index (χ0) is 17.1. The number of hydrogen-bond acceptors (Lipinski definition) is 3. The van der Waals surface area contributed by atoms with Gasteiger partial charge < -0.3 is 10.1 Å². The zero-order valence-electron chi connectivity index (χ0n) is 14.9. The first kappa shape index (κ1) is 16.7. The minimum atomic E-state index is 0.424. The van der Waals surface area contributed by atoms with Crippen molar-refractivity contribution in [2.75, 3.05) is 11.9 Å². The molecule has 1 aliphatic heterocycles. The maximum absolute atomic E-state index is 6.02. The van der Waals surface area contributed by atoms with Crippen LogP contribution in [0.4, 0.5) is 5.69 Å². The Bertz CT molecular complexity index is 722. The number of thiophene rings is 1. The molecule has 2 nitrogen and oxygen atoms in total. The summed E-state index contributed by atoms with van der Waals surface area (Å²) in [6, 6.07) is 11.4. The van der Waals surface area contributed by atoms with Crippen molar-refractivity contribution in [3.8, 4) is 5.75 Å². The predicted octanol–water partition coefficient (Wildman–Crippen LogP) is 6.53. The van der Waals surface area contributed by atoms with Crippen LogP contribution in [0.1, 0.15) is 61.4 Å². The zero-order valence-corrected chi connectivity index (χ0v) is 15.7. The Kier molecular flexibility index (Phi) is 5.12. The number of anilines is 1. The van der Waals surface area contributed by atoms with Gasteiger partial charge in [-0.15, -0.1) is 11.3 Å². The Morgan fingerprint density at radius 3 is 3.00 bits per heavy atom. The molecule has 1 aromatic carbocycles. The van der Waals surface area contributed by atoms with Gasteiger partial charge in [0.1, 0.15) is 5.75 Å². The van der Waals surface area contributed by atoms with Gasteiger partial charge in [-0.05, 0) is 54.0 Å². The van der Waals surface area contributed by atoms with E-state index in [4.69, 9.17) is 4.74 Å². The molecule has 0 spiro atoms. The third-order valence-corrected chi connectivity index (χ3v) is 6.41. The van der Waals surface area contributed by atoms with Gasteiger partial charge in [-0.2, -0.15) is 0 Å². The first-order chi connectivity index (χ1) is 12.4. The van der Waals surface area contributed by atoms with Crippen molar-refractivity contribution in [1.82, 2.24) is 0 Å². The fourth-order valence-corrected chi connectivity index (χ4v) is 4.98. The third-order valence-electron chi connectivity index (χ3n) is 5.45. The molecule has 132 valence electrons. The molecule has 2 aromatic rings. The molecule has 4 rings (SSSR count). The molecule has 0 fully saturated rings. The Morgan fingerprint density at radius 1 is 1.20 bits per heavy atom. The van der Waals surface area contributed by atoms with Crippen LogP contribution in [0, 0.1) is 5.92 Å². The lowest BCUT2D eigenvalue weighted by Gasteiger charge is -2.37. The molecule has 25 heavy (non-hydrogen) atoms. The summed E-state index contributed by atoms with van der Waals surface area (Å²) in [6.45, 7) is 3.07. The first-order valence-corrected chi connectivity index (χ1v) is 10.5. The van der Waals surface area contributed by atoms with Gasteiger partial charge in [-0.3, -0.25) is 0 Å². The van der Waals surface area contributed by atoms with E-state index in [1.54, 1.807) is 0 Å². The number of allylic oxidation sites excluding steroid dienone is 2. The fraction of sp³-hybridized carbons (Fsp3) is 0.455. The molecule has 0 bridgehead atoms. The van der Waals surface area contributed by atoms with Crippen molar-refractivity contribution in [2.45, 2.75) is 51.0 Å². The second-order valence-corrected chi connectivity index (χ2v) is 8.13. The number of nitrogens with one attached hydrogen (secondary N) is 1. The monoisotopic (exact) mass is 353 g/mol. The van der Waals surface area contributed by atoms with E-state index in [9.17, 15) is 0 Å². The quantitative estimate of drug-likeness (QED) is 0.451. The van der Waals surface area contributed by atoms with Crippen LogP contribution in [-0.4, -0.2) is 6.61 Å². The van der Waals surface area contributed by atoms with Gasteiger partial charge in [0.2, 0.25) is 0 Å². The Hall–Kier alpha value is -1.74. The maximum atomic E-state index is 6.02. The van der Waals surface area contributed by atoms with Crippen LogP contribution >= 0.6 is 11.3 Å². The summed E-state index contributed by atoms with van der Waals surface area (Å²) in [4.78, 5) is 1.45. The van der Waals surface area contributed by atoms with Gasteiger partial charge in [0.05, 0.1) is 12.6 Å². The molecular formula is C22H27NOS. The van der Waals surface area contributed by atoms with Crippen molar-refractivity contribution < 1.29 is 4.74 Å². The SMILES string of the molecule is CCCCCCOc1ccc2c(c1)C1C=CCC1C(c1cccs1)N2. The predicted molar refractivity (Wildman–Crippen MR) is 107 cm³/mol. The average Bonchev–Trinajstić information content (AvgIpc) is 3.33. The molecule has 1 aliphatic carbocycles. The molecule has 2 aliphatic rings. The van der Waals surface area contributed by atoms with Gasteiger partial charge in [0.25, 0.3) is 0 Å². The number of unbranched alkanes of at least 4 members (excludes halogenated alkanes) is 3. The van der Waals surface area contributed by atoms with Crippen LogP contribution in [0.5, 0.6) is 5.75 Å². The van der Waals surface area contributed by atoms with E-state index >= 15 is 0 Å². The highest BCUT2D eigenvalue weighted by atomic mass is 32.1. The third kappa shape index (κ3) is 3.48. The molecule has 3 heteroatoms. The molecule has 3 atom stereocenters. The van der Waals surface area contributed by atoms with Crippen LogP contribution in [0.25, 0.3) is 0 Å². The van der Waals surface area contributed by atoms with E-state index in [1.165, 1.54) is 35.4 Å². The Labute approximate surface area is 154 Å². The van der Waals surface area contributed by atoms with Crippen LogP contribution < -0.4 is 10.1 Å². The van der Waals surface area contributed by atoms with E-state index in [0.717, 1.165) is 25.2 Å². The molecule has 1 N–H and O–H groups in total. The number of benzene rings is 1. The molecule has 0 radical (unpaired) electrons. The normalized spacial score (nSPS) is 23.8. The van der Waals surface area contributed by atoms with E-state index in [-0.39, 0.29) is 0 Å². The number of fused-ring (bicyclic) bond motifs is 3. The average molecular weight is 354 g/mol. The lowest BCUT2D eigenvalue weighted by molar-refractivity contribution is 0.304. The highest BCUT2D eigenvalue weighted by Gasteiger charge is 2.38. The van der Waals surface area contributed by atoms with Crippen molar-refractivity contribution in [2.24, 2.45) is 5.92 Å². The summed E-state index contributed by atoms with van der Waals surface area (Å²) >= 11 is 1.86. The van der Waals surface area contributed by atoms with Crippen LogP contribution in [0.15, 0.2) is 47.9 Å². The minimum absolute atomic E-state index is 0.424. The van der Waals surface area contributed by atoms with Crippen molar-refractivity contribution >= 4 is 17.0 Å². The lowest BCUT2D eigenvalue weighted by atomic mass is 9.79. The molecule has 2 heterocycles. The van der Waals surface area contributed by atoms with Gasteiger partial charge in [0.15, 0.2) is 0 Å². The highest BCUT2D eigenvalue weighted by Crippen LogP contribution is 2.51. The largest absolute Gasteiger partial charge is 0.494 e. The number of ether oxygens (including phenoxy) is 1. The maximum Gasteiger partial charge on any atom is 0.119 e. The van der Waals surface area contributed by atoms with Crippen LogP contribution in [-0.2, 0) is 0 Å². The van der Waals surface area contributed by atoms with Crippen molar-refractivity contribution in [3.05, 3.63) is 58.3 Å². The van der Waals surface area contributed by atoms with Gasteiger partial charge in [0, 0.05) is 16.5 Å². The molecule has 3 unspecified atom stereocenters. The molecule has 1 aromatic heterocycles. The molecule has 0 saturated heterocycles. The fourth-order valence-electron chi connectivity index (χ4n) is 4.13. The standard InChI is InChI=1S/C22H27NOS/c1-2-3-4-5-13-24-16-11-12-20-19(15-16)17-8-6-9-18(17)22(23-20)21-10-7-14-25-21/h6-8,10-12,14-15,17-18,22-23H,2-5,9,13H2,1H3. The van der Waals surface area contributed by atoms with Crippen molar-refractivity contribution in [1.29, 1.82) is 0 Å². The number of rotatable bonds is 7. The summed E-state index contributed by atoms with van der Waals surface area (Å²) in [5.74, 6) is 2.14. The highest BCUT2D eigenvalue weighted by molar-refractivity contribution is 7.10. The summed E-state index contributed by atoms with van der Waals surface area (Å²) in [5, 5.41) is 5.98. The summed E-state index contributed by atoms with van der Waals surface area (Å²) in [7, 11) is 0. The lowest BCUT2D eigenvalue weighted by Crippen LogP contribution is -2.28. The van der Waals surface area contributed by atoms with E-state index in [2.05, 4.69) is 60.1 Å².